The number of hydrogen-bond acceptors (Lipinski definition) is 7. The fourth-order valence-corrected chi connectivity index (χ4v) is 4.39. The maximum absolute atomic E-state index is 15.3. The molecule has 4 rings (SSSR count). The van der Waals surface area contributed by atoms with Gasteiger partial charge in [-0.2, -0.15) is 13.2 Å². The van der Waals surface area contributed by atoms with Gasteiger partial charge in [0.05, 0.1) is 22.7 Å². The van der Waals surface area contributed by atoms with Gasteiger partial charge < -0.3 is 25.6 Å². The number of aliphatic carboxylic acids is 2. The lowest BCUT2D eigenvalue weighted by atomic mass is 9.93. The van der Waals surface area contributed by atoms with Gasteiger partial charge in [0.15, 0.2) is 5.82 Å². The zero-order chi connectivity index (χ0) is 31.0. The lowest BCUT2D eigenvalue weighted by Gasteiger charge is -2.37. The first-order valence-electron chi connectivity index (χ1n) is 12.0. The molecule has 41 heavy (non-hydrogen) atoms. The van der Waals surface area contributed by atoms with E-state index in [1.165, 1.54) is 11.0 Å². The SMILES string of the molecule is Cc1nc(C(C)c2cc(Cl)c(F)c(C(=O)N3CC(C(=O)O)C3)c2OC(C)C)n2ccnc(N)c12.O=C(O)C(F)(F)F. The average Bonchev–Trinajstić information content (AvgIpc) is 3.16. The van der Waals surface area contributed by atoms with E-state index in [0.717, 1.165) is 0 Å². The molecule has 2 aromatic heterocycles. The quantitative estimate of drug-likeness (QED) is 0.352. The summed E-state index contributed by atoms with van der Waals surface area (Å²) < 4.78 is 54.8. The number of halogens is 5. The molecular formula is C25H26ClF4N5O6. The molecule has 3 heterocycles. The summed E-state index contributed by atoms with van der Waals surface area (Å²) in [5, 5.41) is 16.0. The van der Waals surface area contributed by atoms with Crippen molar-refractivity contribution in [3.8, 4) is 5.75 Å². The summed E-state index contributed by atoms with van der Waals surface area (Å²) in [7, 11) is 0. The Morgan fingerprint density at radius 2 is 1.78 bits per heavy atom. The van der Waals surface area contributed by atoms with Crippen molar-refractivity contribution < 1.29 is 46.9 Å². The molecule has 0 bridgehead atoms. The Labute approximate surface area is 235 Å². The molecule has 1 unspecified atom stereocenters. The number of carbonyl (C=O) groups excluding carboxylic acids is 1. The number of amides is 1. The molecule has 16 heteroatoms. The third-order valence-electron chi connectivity index (χ3n) is 6.17. The van der Waals surface area contributed by atoms with Gasteiger partial charge in [0.1, 0.15) is 28.5 Å². The van der Waals surface area contributed by atoms with Crippen molar-refractivity contribution in [1.82, 2.24) is 19.3 Å². The van der Waals surface area contributed by atoms with Gasteiger partial charge in [0.25, 0.3) is 5.91 Å². The van der Waals surface area contributed by atoms with Crippen LogP contribution >= 0.6 is 11.6 Å². The molecule has 0 spiro atoms. The maximum Gasteiger partial charge on any atom is 0.490 e. The fourth-order valence-electron chi connectivity index (χ4n) is 4.18. The molecule has 11 nitrogen and oxygen atoms in total. The van der Waals surface area contributed by atoms with Crippen molar-refractivity contribution in [2.45, 2.75) is 45.9 Å². The van der Waals surface area contributed by atoms with Crippen LogP contribution in [0.25, 0.3) is 5.52 Å². The Morgan fingerprint density at radius 1 is 1.20 bits per heavy atom. The molecule has 0 radical (unpaired) electrons. The summed E-state index contributed by atoms with van der Waals surface area (Å²) in [5.41, 5.74) is 7.52. The van der Waals surface area contributed by atoms with E-state index in [1.807, 2.05) is 13.8 Å². The van der Waals surface area contributed by atoms with Crippen LogP contribution in [0.3, 0.4) is 0 Å². The normalized spacial score (nSPS) is 14.3. The number of aromatic nitrogens is 3. The molecule has 222 valence electrons. The summed E-state index contributed by atoms with van der Waals surface area (Å²) in [6.45, 7) is 7.16. The molecule has 3 aromatic rings. The van der Waals surface area contributed by atoms with Gasteiger partial charge in [0, 0.05) is 37.0 Å². The second-order valence-corrected chi connectivity index (χ2v) is 9.90. The van der Waals surface area contributed by atoms with E-state index < -0.39 is 41.7 Å². The highest BCUT2D eigenvalue weighted by atomic mass is 35.5. The number of likely N-dealkylation sites (tertiary alicyclic amines) is 1. The summed E-state index contributed by atoms with van der Waals surface area (Å²) >= 11 is 6.24. The lowest BCUT2D eigenvalue weighted by Crippen LogP contribution is -2.53. The minimum absolute atomic E-state index is 0.0114. The van der Waals surface area contributed by atoms with Crippen molar-refractivity contribution >= 4 is 40.8 Å². The number of imidazole rings is 1. The highest BCUT2D eigenvalue weighted by Crippen LogP contribution is 2.41. The molecule has 1 saturated heterocycles. The summed E-state index contributed by atoms with van der Waals surface area (Å²) in [5.74, 6) is -5.51. The molecule has 1 aromatic carbocycles. The molecule has 0 aliphatic carbocycles. The zero-order valence-electron chi connectivity index (χ0n) is 22.2. The second-order valence-electron chi connectivity index (χ2n) is 9.49. The number of anilines is 1. The third-order valence-corrected chi connectivity index (χ3v) is 6.44. The van der Waals surface area contributed by atoms with Gasteiger partial charge >= 0.3 is 18.1 Å². The first-order chi connectivity index (χ1) is 18.9. The van der Waals surface area contributed by atoms with Crippen molar-refractivity contribution in [2.75, 3.05) is 18.8 Å². The molecule has 4 N–H and O–H groups in total. The minimum Gasteiger partial charge on any atom is -0.490 e. The fraction of sp³-hybridized carbons (Fsp3) is 0.400. The van der Waals surface area contributed by atoms with Crippen LogP contribution in [0.15, 0.2) is 18.5 Å². The number of alkyl halides is 3. The van der Waals surface area contributed by atoms with Crippen molar-refractivity contribution in [1.29, 1.82) is 0 Å². The number of nitrogens with zero attached hydrogens (tertiary/aromatic N) is 4. The molecule has 1 amide bonds. The van der Waals surface area contributed by atoms with Crippen molar-refractivity contribution in [3.63, 3.8) is 0 Å². The second kappa shape index (κ2) is 11.8. The number of nitrogens with two attached hydrogens (primary N) is 1. The smallest absolute Gasteiger partial charge is 0.490 e. The number of aryl methyl sites for hydroxylation is 1. The Hall–Kier alpha value is -4.14. The third kappa shape index (κ3) is 6.45. The maximum atomic E-state index is 15.3. The minimum atomic E-state index is -5.08. The monoisotopic (exact) mass is 603 g/mol. The summed E-state index contributed by atoms with van der Waals surface area (Å²) in [6.07, 6.45) is -2.18. The molecule has 1 atom stereocenters. The topological polar surface area (TPSA) is 160 Å². The van der Waals surface area contributed by atoms with Crippen LogP contribution in [-0.2, 0) is 9.59 Å². The summed E-state index contributed by atoms with van der Waals surface area (Å²) in [4.78, 5) is 43.4. The first kappa shape index (κ1) is 31.4. The van der Waals surface area contributed by atoms with Crippen LogP contribution in [0.5, 0.6) is 5.75 Å². The number of benzene rings is 1. The van der Waals surface area contributed by atoms with Gasteiger partial charge in [0.2, 0.25) is 0 Å². The van der Waals surface area contributed by atoms with Crippen LogP contribution in [-0.4, -0.2) is 72.7 Å². The van der Waals surface area contributed by atoms with E-state index >= 15 is 4.39 Å². The van der Waals surface area contributed by atoms with E-state index in [1.54, 1.807) is 30.6 Å². The van der Waals surface area contributed by atoms with Gasteiger partial charge in [-0.1, -0.05) is 18.5 Å². The Bertz CT molecular complexity index is 1500. The van der Waals surface area contributed by atoms with Gasteiger partial charge in [-0.3, -0.25) is 14.0 Å². The van der Waals surface area contributed by atoms with Crippen LogP contribution in [0.2, 0.25) is 5.02 Å². The van der Waals surface area contributed by atoms with Gasteiger partial charge in [-0.15, -0.1) is 0 Å². The Morgan fingerprint density at radius 3 is 2.29 bits per heavy atom. The number of carboxylic acids is 2. The number of carboxylic acid groups (broad SMARTS) is 2. The van der Waals surface area contributed by atoms with Crippen LogP contribution in [0.4, 0.5) is 23.4 Å². The number of carbonyl (C=O) groups is 3. The van der Waals surface area contributed by atoms with Crippen LogP contribution in [0, 0.1) is 18.7 Å². The molecule has 1 aliphatic heterocycles. The average molecular weight is 604 g/mol. The Balaban J connectivity index is 0.000000587. The number of nitrogen functional groups attached to an aromatic ring is 1. The lowest BCUT2D eigenvalue weighted by molar-refractivity contribution is -0.192. The largest absolute Gasteiger partial charge is 0.490 e. The number of ether oxygens (including phenoxy) is 1. The summed E-state index contributed by atoms with van der Waals surface area (Å²) in [6, 6.07) is 1.44. The Kier molecular flexibility index (Phi) is 9.01. The molecule has 0 saturated carbocycles. The van der Waals surface area contributed by atoms with Crippen molar-refractivity contribution in [3.05, 3.63) is 51.9 Å². The standard InChI is InChI=1S/C23H25ClFN5O4.C2HF3O2/c1-10(2)34-19-14(11(3)21-28-12(4)18-20(26)27-5-6-30(18)21)7-15(24)17(25)16(19)22(31)29-8-13(9-29)23(32)33;3-2(4,5)1(6)7/h5-7,10-11,13H,8-9H2,1-4H3,(H2,26,27)(H,32,33);(H,6,7). The van der Waals surface area contributed by atoms with Crippen molar-refractivity contribution in [2.24, 2.45) is 5.92 Å². The van der Waals surface area contributed by atoms with Crippen LogP contribution < -0.4 is 10.5 Å². The van der Waals surface area contributed by atoms with E-state index in [-0.39, 0.29) is 35.5 Å². The number of rotatable bonds is 6. The van der Waals surface area contributed by atoms with E-state index in [2.05, 4.69) is 9.97 Å². The number of hydrogen-bond donors (Lipinski definition) is 3. The van der Waals surface area contributed by atoms with E-state index in [9.17, 15) is 22.8 Å². The van der Waals surface area contributed by atoms with E-state index in [0.29, 0.717) is 28.4 Å². The molecular weight excluding hydrogens is 578 g/mol. The predicted octanol–water partition coefficient (Wildman–Crippen LogP) is 4.14. The zero-order valence-corrected chi connectivity index (χ0v) is 22.9. The van der Waals surface area contributed by atoms with Gasteiger partial charge in [-0.25, -0.2) is 19.2 Å². The molecule has 1 fully saturated rings. The predicted molar refractivity (Wildman–Crippen MR) is 138 cm³/mol. The van der Waals surface area contributed by atoms with Gasteiger partial charge in [-0.05, 0) is 26.8 Å². The molecule has 1 aliphatic rings. The number of fused-ring (bicyclic) bond motifs is 1. The van der Waals surface area contributed by atoms with E-state index in [4.69, 9.17) is 37.1 Å². The highest BCUT2D eigenvalue weighted by molar-refractivity contribution is 6.31. The van der Waals surface area contributed by atoms with Crippen LogP contribution in [0.1, 0.15) is 54.1 Å². The first-order valence-corrected chi connectivity index (χ1v) is 12.4. The highest BCUT2D eigenvalue weighted by Gasteiger charge is 2.40.